The van der Waals surface area contributed by atoms with Gasteiger partial charge in [0.1, 0.15) is 10.0 Å². The Morgan fingerprint density at radius 1 is 1.16 bits per heavy atom. The molecule has 1 aliphatic heterocycles. The van der Waals surface area contributed by atoms with Crippen molar-refractivity contribution in [2.24, 2.45) is 0 Å². The number of carbonyl (C=O) groups excluding carboxylic acids is 1. The van der Waals surface area contributed by atoms with Gasteiger partial charge < -0.3 is 25.4 Å². The van der Waals surface area contributed by atoms with Gasteiger partial charge in [0.2, 0.25) is 11.8 Å². The molecule has 38 heavy (non-hydrogen) atoms. The summed E-state index contributed by atoms with van der Waals surface area (Å²) in [6.07, 6.45) is 3.27. The van der Waals surface area contributed by atoms with Crippen LogP contribution in [0.5, 0.6) is 5.88 Å². The molecule has 0 fully saturated rings. The molecule has 8 nitrogen and oxygen atoms in total. The Morgan fingerprint density at radius 2 is 2.03 bits per heavy atom. The number of hydrogen-bond acceptors (Lipinski definition) is 9. The molecule has 4 heterocycles. The van der Waals surface area contributed by atoms with Crippen molar-refractivity contribution >= 4 is 43.8 Å². The topological polar surface area (TPSA) is 97.4 Å². The Bertz CT molecular complexity index is 1400. The summed E-state index contributed by atoms with van der Waals surface area (Å²) in [6.45, 7) is 7.69. The van der Waals surface area contributed by atoms with Crippen molar-refractivity contribution in [3.8, 4) is 27.6 Å². The molecule has 1 aliphatic rings. The standard InChI is InChI=1S/C28H33N5O3S2/c1-17(2)36-25-7-5-19(15-31-25)18-4-6-21-22(14-18)37-27(32-21)26-20-8-10-30-16-23(20)38-28(26)33-24(34)9-11-29-12-13-35-3/h4-7,14-15,17,29-30H,8-13,16H2,1-3H3,(H,33,34). The van der Waals surface area contributed by atoms with Gasteiger partial charge in [-0.1, -0.05) is 6.07 Å². The lowest BCUT2D eigenvalue weighted by Gasteiger charge is -2.13. The van der Waals surface area contributed by atoms with Crippen molar-refractivity contribution in [1.82, 2.24) is 20.6 Å². The van der Waals surface area contributed by atoms with Crippen molar-refractivity contribution in [3.63, 3.8) is 0 Å². The number of nitrogens with one attached hydrogen (secondary N) is 3. The maximum atomic E-state index is 12.8. The second kappa shape index (κ2) is 12.3. The number of ether oxygens (including phenoxy) is 2. The number of pyridine rings is 1. The average Bonchev–Trinajstić information content (AvgIpc) is 3.48. The van der Waals surface area contributed by atoms with Crippen LogP contribution in [0.1, 0.15) is 30.7 Å². The summed E-state index contributed by atoms with van der Waals surface area (Å²) in [5, 5.41) is 11.7. The number of thiazole rings is 1. The number of anilines is 1. The highest BCUT2D eigenvalue weighted by molar-refractivity contribution is 7.23. The quantitative estimate of drug-likeness (QED) is 0.224. The number of amides is 1. The van der Waals surface area contributed by atoms with Crippen molar-refractivity contribution < 1.29 is 14.3 Å². The molecular weight excluding hydrogens is 518 g/mol. The van der Waals surface area contributed by atoms with Gasteiger partial charge in [0.25, 0.3) is 0 Å². The van der Waals surface area contributed by atoms with Gasteiger partial charge in [0.05, 0.1) is 22.9 Å². The van der Waals surface area contributed by atoms with Gasteiger partial charge in [-0.15, -0.1) is 22.7 Å². The van der Waals surface area contributed by atoms with E-state index in [0.717, 1.165) is 63.0 Å². The first-order valence-electron chi connectivity index (χ1n) is 12.9. The number of aromatic nitrogens is 2. The minimum Gasteiger partial charge on any atom is -0.475 e. The number of methoxy groups -OCH3 is 1. The molecule has 0 spiro atoms. The molecular formula is C28H33N5O3S2. The molecule has 0 atom stereocenters. The Labute approximate surface area is 230 Å². The average molecular weight is 552 g/mol. The minimum absolute atomic E-state index is 0.00325. The molecule has 3 N–H and O–H groups in total. The predicted octanol–water partition coefficient (Wildman–Crippen LogP) is 5.08. The van der Waals surface area contributed by atoms with Crippen molar-refractivity contribution in [1.29, 1.82) is 0 Å². The molecule has 0 aliphatic carbocycles. The monoisotopic (exact) mass is 551 g/mol. The second-order valence-electron chi connectivity index (χ2n) is 9.43. The molecule has 4 aromatic rings. The number of thiophene rings is 1. The minimum atomic E-state index is 0.00325. The molecule has 10 heteroatoms. The maximum absolute atomic E-state index is 12.8. The van der Waals surface area contributed by atoms with Crippen LogP contribution in [0, 0.1) is 0 Å². The number of rotatable bonds is 11. The van der Waals surface area contributed by atoms with Gasteiger partial charge in [0, 0.05) is 61.4 Å². The Morgan fingerprint density at radius 3 is 2.82 bits per heavy atom. The second-order valence-corrected chi connectivity index (χ2v) is 11.6. The van der Waals surface area contributed by atoms with Crippen LogP contribution in [0.2, 0.25) is 0 Å². The van der Waals surface area contributed by atoms with Crippen LogP contribution in [-0.2, 0) is 22.5 Å². The number of hydrogen-bond donors (Lipinski definition) is 3. The molecule has 3 aromatic heterocycles. The van der Waals surface area contributed by atoms with Crippen molar-refractivity contribution in [2.75, 3.05) is 38.7 Å². The normalized spacial score (nSPS) is 13.2. The van der Waals surface area contributed by atoms with Crippen molar-refractivity contribution in [3.05, 3.63) is 47.0 Å². The molecule has 0 saturated heterocycles. The van der Waals surface area contributed by atoms with Crippen LogP contribution >= 0.6 is 22.7 Å². The first-order chi connectivity index (χ1) is 18.5. The lowest BCUT2D eigenvalue weighted by atomic mass is 10.0. The summed E-state index contributed by atoms with van der Waals surface area (Å²) in [5.74, 6) is 0.630. The number of carbonyl (C=O) groups is 1. The SMILES string of the molecule is COCCNCCC(=O)Nc1sc2c(c1-c1nc3ccc(-c4ccc(OC(C)C)nc4)cc3s1)CCNC2. The lowest BCUT2D eigenvalue weighted by Crippen LogP contribution is -2.24. The first-order valence-corrected chi connectivity index (χ1v) is 14.5. The smallest absolute Gasteiger partial charge is 0.226 e. The van der Waals surface area contributed by atoms with Crippen LogP contribution in [-0.4, -0.2) is 55.3 Å². The number of benzene rings is 1. The summed E-state index contributed by atoms with van der Waals surface area (Å²) in [5.41, 5.74) is 5.44. The van der Waals surface area contributed by atoms with E-state index in [4.69, 9.17) is 14.5 Å². The van der Waals surface area contributed by atoms with Gasteiger partial charge in [-0.05, 0) is 56.1 Å². The molecule has 0 unspecified atom stereocenters. The third-order valence-corrected chi connectivity index (χ3v) is 8.40. The summed E-state index contributed by atoms with van der Waals surface area (Å²) in [6, 6.07) is 10.3. The van der Waals surface area contributed by atoms with E-state index in [1.165, 1.54) is 10.4 Å². The fourth-order valence-electron chi connectivity index (χ4n) is 4.41. The number of fused-ring (bicyclic) bond motifs is 2. The van der Waals surface area contributed by atoms with E-state index in [1.54, 1.807) is 29.8 Å². The molecule has 0 bridgehead atoms. The molecule has 0 saturated carbocycles. The third-order valence-electron chi connectivity index (χ3n) is 6.22. The molecule has 200 valence electrons. The van der Waals surface area contributed by atoms with E-state index < -0.39 is 0 Å². The van der Waals surface area contributed by atoms with E-state index in [1.807, 2.05) is 32.2 Å². The van der Waals surface area contributed by atoms with Crippen LogP contribution in [0.25, 0.3) is 31.9 Å². The fraction of sp³-hybridized carbons (Fsp3) is 0.393. The summed E-state index contributed by atoms with van der Waals surface area (Å²) in [4.78, 5) is 23.5. The number of nitrogens with zero attached hydrogens (tertiary/aromatic N) is 2. The van der Waals surface area contributed by atoms with Crippen molar-refractivity contribution in [2.45, 2.75) is 39.3 Å². The first kappa shape index (κ1) is 26.7. The van der Waals surface area contributed by atoms with E-state index in [-0.39, 0.29) is 12.0 Å². The molecule has 1 aromatic carbocycles. The highest BCUT2D eigenvalue weighted by Crippen LogP contribution is 2.45. The van der Waals surface area contributed by atoms with Gasteiger partial charge in [-0.2, -0.15) is 0 Å². The molecule has 5 rings (SSSR count). The fourth-order valence-corrected chi connectivity index (χ4v) is 6.80. The van der Waals surface area contributed by atoms with Gasteiger partial charge in [-0.25, -0.2) is 9.97 Å². The largest absolute Gasteiger partial charge is 0.475 e. The summed E-state index contributed by atoms with van der Waals surface area (Å²) in [7, 11) is 1.67. The van der Waals surface area contributed by atoms with E-state index in [2.05, 4.69) is 39.1 Å². The van der Waals surface area contributed by atoms with Crippen LogP contribution < -0.4 is 20.7 Å². The van der Waals surface area contributed by atoms with Gasteiger partial charge >= 0.3 is 0 Å². The molecule has 0 radical (unpaired) electrons. The van der Waals surface area contributed by atoms with Crippen LogP contribution in [0.3, 0.4) is 0 Å². The van der Waals surface area contributed by atoms with E-state index in [9.17, 15) is 4.79 Å². The lowest BCUT2D eigenvalue weighted by molar-refractivity contribution is -0.116. The van der Waals surface area contributed by atoms with Gasteiger partial charge in [0.15, 0.2) is 0 Å². The maximum Gasteiger partial charge on any atom is 0.226 e. The Hall–Kier alpha value is -2.89. The zero-order valence-corrected chi connectivity index (χ0v) is 23.6. The highest BCUT2D eigenvalue weighted by atomic mass is 32.1. The third kappa shape index (κ3) is 6.22. The van der Waals surface area contributed by atoms with Gasteiger partial charge in [-0.3, -0.25) is 4.79 Å². The Kier molecular flexibility index (Phi) is 8.65. The zero-order valence-electron chi connectivity index (χ0n) is 21.9. The highest BCUT2D eigenvalue weighted by Gasteiger charge is 2.25. The molecule has 1 amide bonds. The van der Waals surface area contributed by atoms with Crippen LogP contribution in [0.4, 0.5) is 5.00 Å². The summed E-state index contributed by atoms with van der Waals surface area (Å²) >= 11 is 3.33. The Balaban J connectivity index is 1.40. The van der Waals surface area contributed by atoms with E-state index in [0.29, 0.717) is 25.5 Å². The summed E-state index contributed by atoms with van der Waals surface area (Å²) < 4.78 is 11.8. The zero-order chi connectivity index (χ0) is 26.5. The predicted molar refractivity (Wildman–Crippen MR) is 155 cm³/mol. The van der Waals surface area contributed by atoms with E-state index >= 15 is 0 Å². The van der Waals surface area contributed by atoms with Crippen LogP contribution in [0.15, 0.2) is 36.5 Å².